The Kier molecular flexibility index (Phi) is 7.37. The van der Waals surface area contributed by atoms with Crippen LogP contribution in [0.2, 0.25) is 0 Å². The summed E-state index contributed by atoms with van der Waals surface area (Å²) in [7, 11) is 0. The van der Waals surface area contributed by atoms with E-state index in [1.165, 1.54) is 10.8 Å². The molecule has 1 aromatic carbocycles. The van der Waals surface area contributed by atoms with Gasteiger partial charge in [0.25, 0.3) is 12.2 Å². The van der Waals surface area contributed by atoms with Gasteiger partial charge in [-0.15, -0.1) is 0 Å². The molecule has 1 aliphatic heterocycles. The van der Waals surface area contributed by atoms with Crippen molar-refractivity contribution < 1.29 is 24.1 Å². The molecule has 4 atom stereocenters. The minimum Gasteiger partial charge on any atom is -0.480 e. The number of hydrogen-bond donors (Lipinski definition) is 4. The van der Waals surface area contributed by atoms with Crippen molar-refractivity contribution in [2.45, 2.75) is 31.7 Å². The van der Waals surface area contributed by atoms with Gasteiger partial charge in [-0.05, 0) is 36.8 Å². The normalized spacial score (nSPS) is 21.0. The lowest BCUT2D eigenvalue weighted by Gasteiger charge is -2.23. The monoisotopic (exact) mass is 467 g/mol. The van der Waals surface area contributed by atoms with E-state index < -0.39 is 42.2 Å². The molecule has 12 heteroatoms. The Morgan fingerprint density at radius 2 is 2.06 bits per heavy atom. The number of hydrogen-bond acceptors (Lipinski definition) is 6. The third-order valence-electron chi connectivity index (χ3n) is 4.54. The number of H-pyrrole nitrogens is 1. The van der Waals surface area contributed by atoms with E-state index in [1.807, 2.05) is 6.07 Å². The average Bonchev–Trinajstić information content (AvgIpc) is 3.18. The van der Waals surface area contributed by atoms with Gasteiger partial charge in [0.2, 0.25) is 0 Å². The molecule has 4 N–H and O–H groups in total. The predicted octanol–water partition coefficient (Wildman–Crippen LogP) is 0.818. The first-order valence-corrected chi connectivity index (χ1v) is 12.0. The number of nitrogens with one attached hydrogen (secondary N) is 2. The van der Waals surface area contributed by atoms with Crippen molar-refractivity contribution in [3.8, 4) is 0 Å². The Balaban J connectivity index is 1.58. The summed E-state index contributed by atoms with van der Waals surface area (Å²) in [5.74, 6) is -1.17. The van der Waals surface area contributed by atoms with Crippen LogP contribution >= 0.6 is 6.64 Å². The molecule has 2 unspecified atom stereocenters. The van der Waals surface area contributed by atoms with E-state index in [4.69, 9.17) is 21.1 Å². The van der Waals surface area contributed by atoms with E-state index >= 15 is 0 Å². The summed E-state index contributed by atoms with van der Waals surface area (Å²) in [6.07, 6.45) is 3.36. The molecular formula is C19H22N3O7PS. The average molecular weight is 467 g/mol. The minimum absolute atomic E-state index is 0.120. The van der Waals surface area contributed by atoms with Crippen LogP contribution in [0, 0.1) is 6.92 Å². The molecule has 0 spiro atoms. The SMILES string of the molecule is Cc1cn([C@H]2C=C[C@@H](COP(O)(=S)NC(Cc3ccccc3)C(=O)O)O2)c(=O)[nH]c1=O. The summed E-state index contributed by atoms with van der Waals surface area (Å²) >= 11 is 5.06. The van der Waals surface area contributed by atoms with Crippen LogP contribution in [0.3, 0.4) is 0 Å². The molecule has 10 nitrogen and oxygen atoms in total. The van der Waals surface area contributed by atoms with Crippen molar-refractivity contribution >= 4 is 24.4 Å². The van der Waals surface area contributed by atoms with E-state index in [2.05, 4.69) is 10.1 Å². The van der Waals surface area contributed by atoms with Crippen molar-refractivity contribution in [1.82, 2.24) is 14.6 Å². The van der Waals surface area contributed by atoms with Gasteiger partial charge in [0.05, 0.1) is 6.61 Å². The van der Waals surface area contributed by atoms with Crippen molar-refractivity contribution in [2.75, 3.05) is 6.61 Å². The number of carboxylic acid groups (broad SMARTS) is 1. The first-order chi connectivity index (χ1) is 14.6. The standard InChI is InChI=1S/C19H22N3O7PS/c1-12-10-22(19(26)20-17(12)23)16-8-7-14(29-16)11-28-30(27,31)21-15(18(24)25)9-13-5-3-2-4-6-13/h2-8,10,14-16H,9,11H2,1H3,(H,24,25)(H,20,23,26)(H2,21,27,31)/t14-,15?,16+,30?/m0/s1. The maximum atomic E-state index is 12.0. The second kappa shape index (κ2) is 9.82. The van der Waals surface area contributed by atoms with Gasteiger partial charge in [-0.25, -0.2) is 9.88 Å². The summed E-state index contributed by atoms with van der Waals surface area (Å²) in [4.78, 5) is 47.7. The topological polar surface area (TPSA) is 143 Å². The smallest absolute Gasteiger partial charge is 0.330 e. The van der Waals surface area contributed by atoms with Gasteiger partial charge in [-0.2, -0.15) is 0 Å². The van der Waals surface area contributed by atoms with Gasteiger partial charge in [0, 0.05) is 11.8 Å². The third-order valence-corrected chi connectivity index (χ3v) is 6.31. The van der Waals surface area contributed by atoms with Gasteiger partial charge in [0.1, 0.15) is 12.1 Å². The Hall–Kier alpha value is -2.40. The van der Waals surface area contributed by atoms with E-state index in [9.17, 15) is 24.4 Å². The fourth-order valence-corrected chi connectivity index (χ4v) is 4.55. The first kappa shape index (κ1) is 23.3. The number of aryl methyl sites for hydroxylation is 1. The number of carbonyl (C=O) groups is 1. The number of carboxylic acids is 1. The maximum absolute atomic E-state index is 12.0. The van der Waals surface area contributed by atoms with Gasteiger partial charge in [-0.1, -0.05) is 36.4 Å². The van der Waals surface area contributed by atoms with Gasteiger partial charge < -0.3 is 19.3 Å². The predicted molar refractivity (Wildman–Crippen MR) is 116 cm³/mol. The van der Waals surface area contributed by atoms with E-state index in [1.54, 1.807) is 43.3 Å². The second-order valence-corrected chi connectivity index (χ2v) is 10.00. The summed E-state index contributed by atoms with van der Waals surface area (Å²) in [5, 5.41) is 12.0. The van der Waals surface area contributed by atoms with Crippen LogP contribution in [-0.2, 0) is 32.3 Å². The van der Waals surface area contributed by atoms with Crippen LogP contribution in [0.5, 0.6) is 0 Å². The number of aromatic nitrogens is 2. The molecule has 0 fully saturated rings. The first-order valence-electron chi connectivity index (χ1n) is 9.32. The molecule has 0 saturated heterocycles. The number of benzene rings is 1. The number of ether oxygens (including phenoxy) is 1. The van der Waals surface area contributed by atoms with Crippen LogP contribution in [0.15, 0.2) is 58.3 Å². The Morgan fingerprint density at radius 3 is 2.74 bits per heavy atom. The summed E-state index contributed by atoms with van der Waals surface area (Å²) < 4.78 is 12.3. The molecule has 0 saturated carbocycles. The fraction of sp³-hybridized carbons (Fsp3) is 0.316. The molecule has 0 radical (unpaired) electrons. The Labute approximate surface area is 182 Å². The fourth-order valence-electron chi connectivity index (χ4n) is 2.96. The highest BCUT2D eigenvalue weighted by molar-refractivity contribution is 8.08. The number of aromatic amines is 1. The second-order valence-electron chi connectivity index (χ2n) is 6.95. The molecular weight excluding hydrogens is 445 g/mol. The van der Waals surface area contributed by atoms with Crippen LogP contribution in [-0.4, -0.2) is 44.3 Å². The summed E-state index contributed by atoms with van der Waals surface area (Å²) in [6.45, 7) is -2.22. The van der Waals surface area contributed by atoms with E-state index in [-0.39, 0.29) is 13.0 Å². The third kappa shape index (κ3) is 6.30. The van der Waals surface area contributed by atoms with Crippen molar-refractivity contribution in [1.29, 1.82) is 0 Å². The quantitative estimate of drug-likeness (QED) is 0.311. The largest absolute Gasteiger partial charge is 0.480 e. The van der Waals surface area contributed by atoms with Crippen LogP contribution in [0.4, 0.5) is 0 Å². The number of rotatable bonds is 9. The lowest BCUT2D eigenvalue weighted by molar-refractivity contribution is -0.139. The Morgan fingerprint density at radius 1 is 1.35 bits per heavy atom. The number of nitrogens with zero attached hydrogens (tertiary/aromatic N) is 1. The lowest BCUT2D eigenvalue weighted by atomic mass is 10.1. The number of aliphatic carboxylic acids is 1. The molecule has 2 aromatic rings. The molecule has 1 aliphatic rings. The zero-order valence-corrected chi connectivity index (χ0v) is 18.2. The summed E-state index contributed by atoms with van der Waals surface area (Å²) in [6, 6.07) is 7.81. The highest BCUT2D eigenvalue weighted by Gasteiger charge is 2.28. The molecule has 0 amide bonds. The van der Waals surface area contributed by atoms with E-state index in [0.717, 1.165) is 5.56 Å². The molecule has 0 aliphatic carbocycles. The highest BCUT2D eigenvalue weighted by Crippen LogP contribution is 2.39. The van der Waals surface area contributed by atoms with Gasteiger partial charge in [-0.3, -0.25) is 19.1 Å². The highest BCUT2D eigenvalue weighted by atomic mass is 32.5. The van der Waals surface area contributed by atoms with Crippen LogP contribution < -0.4 is 16.3 Å². The molecule has 2 heterocycles. The molecule has 0 bridgehead atoms. The van der Waals surface area contributed by atoms with Gasteiger partial charge >= 0.3 is 11.7 Å². The van der Waals surface area contributed by atoms with Crippen molar-refractivity contribution in [3.63, 3.8) is 0 Å². The minimum atomic E-state index is -3.64. The summed E-state index contributed by atoms with van der Waals surface area (Å²) in [5.41, 5.74) is 0.0260. The van der Waals surface area contributed by atoms with E-state index in [0.29, 0.717) is 5.56 Å². The van der Waals surface area contributed by atoms with Crippen molar-refractivity contribution in [2.24, 2.45) is 0 Å². The zero-order chi connectivity index (χ0) is 22.6. The molecule has 166 valence electrons. The Bertz CT molecular complexity index is 1130. The molecule has 3 rings (SSSR count). The van der Waals surface area contributed by atoms with Crippen LogP contribution in [0.1, 0.15) is 17.4 Å². The maximum Gasteiger partial charge on any atom is 0.330 e. The van der Waals surface area contributed by atoms with Gasteiger partial charge in [0.15, 0.2) is 6.23 Å². The van der Waals surface area contributed by atoms with Crippen LogP contribution in [0.25, 0.3) is 0 Å². The van der Waals surface area contributed by atoms with Crippen molar-refractivity contribution in [3.05, 3.63) is 80.6 Å². The zero-order valence-electron chi connectivity index (χ0n) is 16.5. The molecule has 1 aromatic heterocycles. The lowest BCUT2D eigenvalue weighted by Crippen LogP contribution is -2.37. The molecule has 31 heavy (non-hydrogen) atoms.